The molecular formula is C19H21N3O5S. The fourth-order valence-corrected chi connectivity index (χ4v) is 3.81. The highest BCUT2D eigenvalue weighted by Crippen LogP contribution is 2.13. The van der Waals surface area contributed by atoms with Gasteiger partial charge >= 0.3 is 0 Å². The molecule has 0 aromatic heterocycles. The van der Waals surface area contributed by atoms with Crippen molar-refractivity contribution in [2.75, 3.05) is 11.1 Å². The summed E-state index contributed by atoms with van der Waals surface area (Å²) in [5, 5.41) is 5.02. The predicted molar refractivity (Wildman–Crippen MR) is 104 cm³/mol. The number of anilines is 1. The molecule has 148 valence electrons. The molecule has 2 aromatic rings. The van der Waals surface area contributed by atoms with Crippen LogP contribution in [0.4, 0.5) is 5.69 Å². The second-order valence-electron chi connectivity index (χ2n) is 6.11. The molecule has 0 fully saturated rings. The van der Waals surface area contributed by atoms with Crippen LogP contribution in [0.2, 0.25) is 0 Å². The number of carbonyl (C=O) groups excluding carboxylic acids is 3. The predicted octanol–water partition coefficient (Wildman–Crippen LogP) is 1.09. The first kappa shape index (κ1) is 21.1. The highest BCUT2D eigenvalue weighted by molar-refractivity contribution is 7.91. The van der Waals surface area contributed by atoms with Gasteiger partial charge in [-0.05, 0) is 42.8 Å². The number of hydrogen-bond acceptors (Lipinski definition) is 5. The quantitative estimate of drug-likeness (QED) is 0.606. The van der Waals surface area contributed by atoms with Crippen LogP contribution >= 0.6 is 0 Å². The topological polar surface area (TPSA) is 135 Å². The first-order valence-electron chi connectivity index (χ1n) is 8.44. The van der Waals surface area contributed by atoms with Crippen LogP contribution in [0.25, 0.3) is 0 Å². The number of carbonyl (C=O) groups is 3. The normalized spacial score (nSPS) is 12.0. The zero-order valence-electron chi connectivity index (χ0n) is 15.2. The van der Waals surface area contributed by atoms with Gasteiger partial charge in [-0.3, -0.25) is 14.4 Å². The Hall–Kier alpha value is -3.20. The van der Waals surface area contributed by atoms with Crippen LogP contribution in [-0.2, 0) is 19.4 Å². The van der Waals surface area contributed by atoms with Crippen molar-refractivity contribution in [2.45, 2.75) is 24.3 Å². The van der Waals surface area contributed by atoms with Gasteiger partial charge in [0.25, 0.3) is 5.91 Å². The highest BCUT2D eigenvalue weighted by atomic mass is 32.2. The second-order valence-corrected chi connectivity index (χ2v) is 8.22. The Morgan fingerprint density at radius 2 is 1.61 bits per heavy atom. The lowest BCUT2D eigenvalue weighted by molar-refractivity contribution is -0.120. The highest BCUT2D eigenvalue weighted by Gasteiger charge is 2.23. The van der Waals surface area contributed by atoms with E-state index in [1.54, 1.807) is 18.2 Å². The Morgan fingerprint density at radius 3 is 2.14 bits per heavy atom. The molecule has 3 amide bonds. The molecule has 9 heteroatoms. The summed E-state index contributed by atoms with van der Waals surface area (Å²) < 4.78 is 24.7. The number of sulfone groups is 1. The Labute approximate surface area is 163 Å². The Kier molecular flexibility index (Phi) is 6.89. The maximum Gasteiger partial charge on any atom is 0.251 e. The number of primary amides is 1. The average Bonchev–Trinajstić information content (AvgIpc) is 2.65. The van der Waals surface area contributed by atoms with E-state index in [0.717, 1.165) is 0 Å². The van der Waals surface area contributed by atoms with Crippen LogP contribution in [0.5, 0.6) is 0 Å². The fraction of sp³-hybridized carbons (Fsp3) is 0.211. The summed E-state index contributed by atoms with van der Waals surface area (Å²) in [5.41, 5.74) is 6.07. The molecule has 2 rings (SSSR count). The maximum absolute atomic E-state index is 12.3. The van der Waals surface area contributed by atoms with Crippen LogP contribution in [-0.4, -0.2) is 37.9 Å². The SMILES string of the molecule is CC(=O)Nc1ccc(C(=O)N[C@H](CCS(=O)(=O)c2ccccc2)C(N)=O)cc1. The van der Waals surface area contributed by atoms with E-state index < -0.39 is 27.7 Å². The number of rotatable bonds is 8. The molecule has 4 N–H and O–H groups in total. The Morgan fingerprint density at radius 1 is 1.00 bits per heavy atom. The molecule has 0 bridgehead atoms. The summed E-state index contributed by atoms with van der Waals surface area (Å²) in [4.78, 5) is 35.1. The zero-order chi connectivity index (χ0) is 20.7. The van der Waals surface area contributed by atoms with Crippen molar-refractivity contribution in [1.82, 2.24) is 5.32 Å². The molecule has 2 aromatic carbocycles. The van der Waals surface area contributed by atoms with Gasteiger partial charge in [-0.15, -0.1) is 0 Å². The van der Waals surface area contributed by atoms with Gasteiger partial charge in [-0.1, -0.05) is 18.2 Å². The summed E-state index contributed by atoms with van der Waals surface area (Å²) in [7, 11) is -3.61. The molecule has 0 unspecified atom stereocenters. The number of benzene rings is 2. The molecule has 0 aliphatic carbocycles. The van der Waals surface area contributed by atoms with Gasteiger partial charge in [0.15, 0.2) is 9.84 Å². The summed E-state index contributed by atoms with van der Waals surface area (Å²) in [6.07, 6.45) is -0.151. The van der Waals surface area contributed by atoms with Gasteiger partial charge in [0.2, 0.25) is 11.8 Å². The maximum atomic E-state index is 12.3. The molecule has 0 aliphatic heterocycles. The number of amides is 3. The summed E-state index contributed by atoms with van der Waals surface area (Å²) >= 11 is 0. The van der Waals surface area contributed by atoms with Gasteiger partial charge in [-0.2, -0.15) is 0 Å². The van der Waals surface area contributed by atoms with E-state index in [1.165, 1.54) is 43.3 Å². The lowest BCUT2D eigenvalue weighted by Crippen LogP contribution is -2.45. The Balaban J connectivity index is 2.03. The first-order valence-corrected chi connectivity index (χ1v) is 10.1. The van der Waals surface area contributed by atoms with Crippen LogP contribution in [0.1, 0.15) is 23.7 Å². The van der Waals surface area contributed by atoms with Crippen LogP contribution < -0.4 is 16.4 Å². The van der Waals surface area contributed by atoms with Crippen molar-refractivity contribution in [3.05, 3.63) is 60.2 Å². The van der Waals surface area contributed by atoms with Crippen LogP contribution in [0, 0.1) is 0 Å². The molecule has 0 saturated carbocycles. The van der Waals surface area contributed by atoms with E-state index in [2.05, 4.69) is 10.6 Å². The van der Waals surface area contributed by atoms with Gasteiger partial charge in [0.1, 0.15) is 6.04 Å². The zero-order valence-corrected chi connectivity index (χ0v) is 16.0. The minimum Gasteiger partial charge on any atom is -0.368 e. The number of nitrogens with one attached hydrogen (secondary N) is 2. The first-order chi connectivity index (χ1) is 13.2. The van der Waals surface area contributed by atoms with Gasteiger partial charge in [0.05, 0.1) is 10.6 Å². The molecule has 0 aliphatic rings. The fourth-order valence-electron chi connectivity index (χ4n) is 2.45. The summed E-state index contributed by atoms with van der Waals surface area (Å²) in [6.45, 7) is 1.36. The van der Waals surface area contributed by atoms with Crippen LogP contribution in [0.15, 0.2) is 59.5 Å². The minimum absolute atomic E-state index is 0.137. The van der Waals surface area contributed by atoms with Crippen molar-refractivity contribution < 1.29 is 22.8 Å². The summed E-state index contributed by atoms with van der Waals surface area (Å²) in [6, 6.07) is 12.7. The lowest BCUT2D eigenvalue weighted by Gasteiger charge is -2.16. The van der Waals surface area contributed by atoms with E-state index in [-0.39, 0.29) is 28.5 Å². The van der Waals surface area contributed by atoms with Crippen molar-refractivity contribution >= 4 is 33.2 Å². The molecule has 8 nitrogen and oxygen atoms in total. The van der Waals surface area contributed by atoms with Crippen LogP contribution in [0.3, 0.4) is 0 Å². The van der Waals surface area contributed by atoms with E-state index in [4.69, 9.17) is 5.73 Å². The van der Waals surface area contributed by atoms with E-state index in [0.29, 0.717) is 5.69 Å². The Bertz CT molecular complexity index is 957. The minimum atomic E-state index is -3.61. The van der Waals surface area contributed by atoms with Crippen molar-refractivity contribution in [3.8, 4) is 0 Å². The largest absolute Gasteiger partial charge is 0.368 e. The smallest absolute Gasteiger partial charge is 0.251 e. The third kappa shape index (κ3) is 5.92. The molecular weight excluding hydrogens is 382 g/mol. The van der Waals surface area contributed by atoms with Crippen molar-refractivity contribution in [3.63, 3.8) is 0 Å². The van der Waals surface area contributed by atoms with Crippen molar-refractivity contribution in [1.29, 1.82) is 0 Å². The third-order valence-corrected chi connectivity index (χ3v) is 5.66. The second kappa shape index (κ2) is 9.14. The molecule has 0 heterocycles. The monoisotopic (exact) mass is 403 g/mol. The standard InChI is InChI=1S/C19H21N3O5S/c1-13(23)21-15-9-7-14(8-10-15)19(25)22-17(18(20)24)11-12-28(26,27)16-5-3-2-4-6-16/h2-10,17H,11-12H2,1H3,(H2,20,24)(H,21,23)(H,22,25)/t17-/m1/s1. The van der Waals surface area contributed by atoms with Gasteiger partial charge in [0, 0.05) is 18.2 Å². The molecule has 0 spiro atoms. The molecule has 28 heavy (non-hydrogen) atoms. The molecule has 0 saturated heterocycles. The average molecular weight is 403 g/mol. The number of nitrogens with two attached hydrogens (primary N) is 1. The van der Waals surface area contributed by atoms with E-state index in [9.17, 15) is 22.8 Å². The van der Waals surface area contributed by atoms with Gasteiger partial charge < -0.3 is 16.4 Å². The summed E-state index contributed by atoms with van der Waals surface area (Å²) in [5.74, 6) is -1.99. The van der Waals surface area contributed by atoms with E-state index in [1.807, 2.05) is 0 Å². The lowest BCUT2D eigenvalue weighted by atomic mass is 10.1. The number of hydrogen-bond donors (Lipinski definition) is 3. The van der Waals surface area contributed by atoms with E-state index >= 15 is 0 Å². The molecule has 1 atom stereocenters. The van der Waals surface area contributed by atoms with Crippen molar-refractivity contribution in [2.24, 2.45) is 5.73 Å². The molecule has 0 radical (unpaired) electrons. The third-order valence-electron chi connectivity index (χ3n) is 3.89. The van der Waals surface area contributed by atoms with Gasteiger partial charge in [-0.25, -0.2) is 8.42 Å².